The number of methoxy groups -OCH3 is 1. The normalized spacial score (nSPS) is 13.6. The summed E-state index contributed by atoms with van der Waals surface area (Å²) in [6.07, 6.45) is -2.56. The Morgan fingerprint density at radius 1 is 1.03 bits per heavy atom. The molecule has 0 atom stereocenters. The van der Waals surface area contributed by atoms with E-state index in [1.807, 2.05) is 4.90 Å². The van der Waals surface area contributed by atoms with Crippen LogP contribution in [-0.4, -0.2) is 38.6 Å². The summed E-state index contributed by atoms with van der Waals surface area (Å²) in [7, 11) is 1.44. The van der Waals surface area contributed by atoms with Crippen LogP contribution in [0.15, 0.2) is 36.4 Å². The van der Waals surface area contributed by atoms with Gasteiger partial charge in [-0.3, -0.25) is 9.59 Å². The zero-order valence-corrected chi connectivity index (χ0v) is 17.8. The van der Waals surface area contributed by atoms with Gasteiger partial charge in [0.1, 0.15) is 5.75 Å². The first-order valence-corrected chi connectivity index (χ1v) is 10.1. The van der Waals surface area contributed by atoms with Gasteiger partial charge in [-0.05, 0) is 49.2 Å². The van der Waals surface area contributed by atoms with Crippen molar-refractivity contribution >= 4 is 34.6 Å². The van der Waals surface area contributed by atoms with Crippen LogP contribution in [0, 0.1) is 0 Å². The summed E-state index contributed by atoms with van der Waals surface area (Å²) in [5.41, 5.74) is 0.891. The minimum absolute atomic E-state index is 0.246. The number of hydrogen-bond acceptors (Lipinski definition) is 5. The highest BCUT2D eigenvalue weighted by molar-refractivity contribution is 5.97. The number of amides is 2. The van der Waals surface area contributed by atoms with Crippen LogP contribution in [0.1, 0.15) is 25.3 Å². The molecule has 1 aliphatic heterocycles. The molecule has 2 aromatic carbocycles. The zero-order valence-electron chi connectivity index (χ0n) is 17.8. The maximum absolute atomic E-state index is 13.2. The molecule has 0 radical (unpaired) electrons. The van der Waals surface area contributed by atoms with E-state index in [9.17, 15) is 22.8 Å². The van der Waals surface area contributed by atoms with Crippen molar-refractivity contribution in [3.63, 3.8) is 0 Å². The summed E-state index contributed by atoms with van der Waals surface area (Å²) in [5.74, 6) is -0.370. The largest absolute Gasteiger partial charge is 0.495 e. The lowest BCUT2D eigenvalue weighted by atomic mass is 10.1. The number of nitrogens with one attached hydrogen (secondary N) is 3. The number of anilines is 4. The van der Waals surface area contributed by atoms with E-state index >= 15 is 0 Å². The minimum atomic E-state index is -4.49. The average molecular weight is 450 g/mol. The molecule has 1 heterocycles. The number of halogens is 3. The van der Waals surface area contributed by atoms with Crippen LogP contribution in [-0.2, 0) is 15.8 Å². The van der Waals surface area contributed by atoms with Crippen molar-refractivity contribution in [2.45, 2.75) is 25.9 Å². The lowest BCUT2D eigenvalue weighted by molar-refractivity contribution is -0.137. The number of carbonyl (C=O) groups is 2. The van der Waals surface area contributed by atoms with Crippen LogP contribution in [0.5, 0.6) is 5.75 Å². The fourth-order valence-corrected chi connectivity index (χ4v) is 3.54. The smallest absolute Gasteiger partial charge is 0.416 e. The topological polar surface area (TPSA) is 82.7 Å². The number of hydrogen-bond donors (Lipinski definition) is 3. The molecule has 3 N–H and O–H groups in total. The van der Waals surface area contributed by atoms with Crippen LogP contribution in [0.3, 0.4) is 0 Å². The number of rotatable bonds is 7. The van der Waals surface area contributed by atoms with Crippen molar-refractivity contribution in [2.75, 3.05) is 47.6 Å². The Bertz CT molecular complexity index is 989. The molecule has 1 fully saturated rings. The summed E-state index contributed by atoms with van der Waals surface area (Å²) in [6.45, 7) is 2.61. The minimum Gasteiger partial charge on any atom is -0.495 e. The van der Waals surface area contributed by atoms with Crippen molar-refractivity contribution in [1.29, 1.82) is 0 Å². The van der Waals surface area contributed by atoms with E-state index in [1.165, 1.54) is 26.2 Å². The number of benzene rings is 2. The van der Waals surface area contributed by atoms with E-state index < -0.39 is 17.6 Å². The standard InChI is InChI=1S/C22H25F3N4O3/c1-14(30)27-16-6-8-20(32-2)18(12-16)28-21(31)13-26-17-11-15(22(23,24)25)5-7-19(17)29-9-3-4-10-29/h5-8,11-12,26H,3-4,9-10,13H2,1-2H3,(H,27,30)(H,28,31). The third-order valence-corrected chi connectivity index (χ3v) is 5.00. The molecule has 7 nitrogen and oxygen atoms in total. The van der Waals surface area contributed by atoms with E-state index in [0.717, 1.165) is 38.1 Å². The highest BCUT2D eigenvalue weighted by Gasteiger charge is 2.31. The molecule has 3 rings (SSSR count). The average Bonchev–Trinajstić information content (AvgIpc) is 3.26. The molecule has 1 saturated heterocycles. The van der Waals surface area contributed by atoms with Crippen LogP contribution in [0.2, 0.25) is 0 Å². The van der Waals surface area contributed by atoms with Crippen molar-refractivity contribution in [3.8, 4) is 5.75 Å². The van der Waals surface area contributed by atoms with E-state index in [1.54, 1.807) is 12.1 Å². The summed E-state index contributed by atoms with van der Waals surface area (Å²) in [6, 6.07) is 8.27. The Morgan fingerprint density at radius 2 is 1.75 bits per heavy atom. The monoisotopic (exact) mass is 450 g/mol. The maximum atomic E-state index is 13.2. The van der Waals surface area contributed by atoms with E-state index in [4.69, 9.17) is 4.74 Å². The first-order chi connectivity index (χ1) is 15.2. The lowest BCUT2D eigenvalue weighted by Gasteiger charge is -2.23. The van der Waals surface area contributed by atoms with Crippen LogP contribution in [0.25, 0.3) is 0 Å². The van der Waals surface area contributed by atoms with E-state index in [0.29, 0.717) is 22.8 Å². The quantitative estimate of drug-likeness (QED) is 0.585. The second kappa shape index (κ2) is 9.80. The molecule has 0 saturated carbocycles. The van der Waals surface area contributed by atoms with Gasteiger partial charge in [-0.2, -0.15) is 13.2 Å². The van der Waals surface area contributed by atoms with Gasteiger partial charge in [0.25, 0.3) is 0 Å². The summed E-state index contributed by atoms with van der Waals surface area (Å²) >= 11 is 0. The van der Waals surface area contributed by atoms with Gasteiger partial charge in [0, 0.05) is 25.7 Å². The van der Waals surface area contributed by atoms with Gasteiger partial charge in [0.15, 0.2) is 0 Å². The van der Waals surface area contributed by atoms with Crippen LogP contribution in [0.4, 0.5) is 35.9 Å². The van der Waals surface area contributed by atoms with Gasteiger partial charge < -0.3 is 25.6 Å². The highest BCUT2D eigenvalue weighted by Crippen LogP contribution is 2.36. The third kappa shape index (κ3) is 5.83. The summed E-state index contributed by atoms with van der Waals surface area (Å²) in [4.78, 5) is 25.8. The number of alkyl halides is 3. The van der Waals surface area contributed by atoms with E-state index in [2.05, 4.69) is 16.0 Å². The van der Waals surface area contributed by atoms with Gasteiger partial charge in [-0.15, -0.1) is 0 Å². The molecule has 0 aliphatic carbocycles. The van der Waals surface area contributed by atoms with Gasteiger partial charge in [-0.1, -0.05) is 0 Å². The molecule has 2 amide bonds. The molecule has 0 bridgehead atoms. The lowest BCUT2D eigenvalue weighted by Crippen LogP contribution is -2.25. The fraction of sp³-hybridized carbons (Fsp3) is 0.364. The summed E-state index contributed by atoms with van der Waals surface area (Å²) < 4.78 is 44.9. The van der Waals surface area contributed by atoms with Gasteiger partial charge >= 0.3 is 6.18 Å². The Morgan fingerprint density at radius 3 is 2.38 bits per heavy atom. The molecule has 0 unspecified atom stereocenters. The third-order valence-electron chi connectivity index (χ3n) is 5.00. The second-order valence-electron chi connectivity index (χ2n) is 7.42. The Kier molecular flexibility index (Phi) is 7.12. The molecule has 0 aromatic heterocycles. The Labute approximate surface area is 183 Å². The molecule has 2 aromatic rings. The molecular weight excluding hydrogens is 425 g/mol. The van der Waals surface area contributed by atoms with Gasteiger partial charge in [0.05, 0.1) is 36.3 Å². The predicted octanol–water partition coefficient (Wildman–Crippen LogP) is 4.32. The molecule has 10 heteroatoms. The second-order valence-corrected chi connectivity index (χ2v) is 7.42. The number of nitrogens with zero attached hydrogens (tertiary/aromatic N) is 1. The van der Waals surface area contributed by atoms with Crippen LogP contribution >= 0.6 is 0 Å². The molecule has 32 heavy (non-hydrogen) atoms. The predicted molar refractivity (Wildman–Crippen MR) is 117 cm³/mol. The van der Waals surface area contributed by atoms with Crippen molar-refractivity contribution < 1.29 is 27.5 Å². The molecular formula is C22H25F3N4O3. The van der Waals surface area contributed by atoms with E-state index in [-0.39, 0.29) is 18.1 Å². The number of carbonyl (C=O) groups excluding carboxylic acids is 2. The highest BCUT2D eigenvalue weighted by atomic mass is 19.4. The first kappa shape index (κ1) is 23.2. The van der Waals surface area contributed by atoms with Crippen molar-refractivity contribution in [2.24, 2.45) is 0 Å². The maximum Gasteiger partial charge on any atom is 0.416 e. The first-order valence-electron chi connectivity index (χ1n) is 10.1. The molecule has 0 spiro atoms. The van der Waals surface area contributed by atoms with Gasteiger partial charge in [0.2, 0.25) is 11.8 Å². The van der Waals surface area contributed by atoms with Crippen LogP contribution < -0.4 is 25.6 Å². The van der Waals surface area contributed by atoms with Crippen molar-refractivity contribution in [3.05, 3.63) is 42.0 Å². The Hall–Kier alpha value is -3.43. The SMILES string of the molecule is COc1ccc(NC(C)=O)cc1NC(=O)CNc1cc(C(F)(F)F)ccc1N1CCCC1. The summed E-state index contributed by atoms with van der Waals surface area (Å²) in [5, 5.41) is 8.12. The molecule has 1 aliphatic rings. The zero-order chi connectivity index (χ0) is 23.3. The van der Waals surface area contributed by atoms with Gasteiger partial charge in [-0.25, -0.2) is 0 Å². The fourth-order valence-electron chi connectivity index (χ4n) is 3.54. The van der Waals surface area contributed by atoms with Crippen molar-refractivity contribution in [1.82, 2.24) is 0 Å². The number of ether oxygens (including phenoxy) is 1. The Balaban J connectivity index is 1.76. The molecule has 172 valence electrons.